The third kappa shape index (κ3) is 3.28. The quantitative estimate of drug-likeness (QED) is 0.743. The maximum atomic E-state index is 12.9. The number of allylic oxidation sites excluding steroid dienone is 1. The highest BCUT2D eigenvalue weighted by atomic mass is 79.9. The predicted octanol–water partition coefficient (Wildman–Crippen LogP) is 5.13. The summed E-state index contributed by atoms with van der Waals surface area (Å²) in [6.45, 7) is 2.61. The summed E-state index contributed by atoms with van der Waals surface area (Å²) in [4.78, 5) is 14.8. The maximum absolute atomic E-state index is 12.9. The van der Waals surface area contributed by atoms with Crippen LogP contribution in [0, 0.1) is 0 Å². The summed E-state index contributed by atoms with van der Waals surface area (Å²) in [6, 6.07) is 18.1. The van der Waals surface area contributed by atoms with E-state index in [1.54, 1.807) is 11.8 Å². The summed E-state index contributed by atoms with van der Waals surface area (Å²) in [5.41, 5.74) is 3.19. The van der Waals surface area contributed by atoms with Gasteiger partial charge in [-0.05, 0) is 35.6 Å². The molecule has 0 saturated carbocycles. The van der Waals surface area contributed by atoms with Crippen LogP contribution < -0.4 is 0 Å². The highest BCUT2D eigenvalue weighted by Gasteiger charge is 2.30. The molecule has 22 heavy (non-hydrogen) atoms. The van der Waals surface area contributed by atoms with Gasteiger partial charge in [0.15, 0.2) is 0 Å². The fraction of sp³-hybridized carbons (Fsp3) is 0.167. The summed E-state index contributed by atoms with van der Waals surface area (Å²) in [6.07, 6.45) is 0. The van der Waals surface area contributed by atoms with Gasteiger partial charge in [-0.25, -0.2) is 0 Å². The SMILES string of the molecule is CC1=CSC(c2ccc(Br)cc2)C(=O)N1Cc1ccccc1. The van der Waals surface area contributed by atoms with Crippen LogP contribution in [0.25, 0.3) is 0 Å². The molecule has 0 radical (unpaired) electrons. The minimum Gasteiger partial charge on any atom is -0.310 e. The Kier molecular flexibility index (Phi) is 4.69. The Labute approximate surface area is 143 Å². The van der Waals surface area contributed by atoms with E-state index in [1.165, 1.54) is 0 Å². The first-order valence-electron chi connectivity index (χ1n) is 7.08. The van der Waals surface area contributed by atoms with Crippen molar-refractivity contribution in [1.29, 1.82) is 0 Å². The van der Waals surface area contributed by atoms with Crippen LogP contribution in [0.1, 0.15) is 23.3 Å². The van der Waals surface area contributed by atoms with Crippen LogP contribution in [0.4, 0.5) is 0 Å². The van der Waals surface area contributed by atoms with Crippen molar-refractivity contribution in [2.24, 2.45) is 0 Å². The van der Waals surface area contributed by atoms with Crippen LogP contribution >= 0.6 is 27.7 Å². The van der Waals surface area contributed by atoms with E-state index in [4.69, 9.17) is 0 Å². The van der Waals surface area contributed by atoms with Gasteiger partial charge < -0.3 is 4.90 Å². The molecule has 112 valence electrons. The van der Waals surface area contributed by atoms with Gasteiger partial charge in [-0.2, -0.15) is 0 Å². The lowest BCUT2D eigenvalue weighted by atomic mass is 10.1. The maximum Gasteiger partial charge on any atom is 0.245 e. The van der Waals surface area contributed by atoms with Crippen LogP contribution in [0.2, 0.25) is 0 Å². The van der Waals surface area contributed by atoms with Crippen molar-refractivity contribution >= 4 is 33.6 Å². The Morgan fingerprint density at radius 1 is 1.09 bits per heavy atom. The number of amides is 1. The second-order valence-electron chi connectivity index (χ2n) is 5.24. The van der Waals surface area contributed by atoms with Crippen molar-refractivity contribution in [3.63, 3.8) is 0 Å². The normalized spacial score (nSPS) is 18.3. The number of halogens is 1. The minimum atomic E-state index is -0.166. The average molecular weight is 374 g/mol. The molecule has 2 aromatic carbocycles. The third-order valence-electron chi connectivity index (χ3n) is 3.65. The van der Waals surface area contributed by atoms with E-state index in [1.807, 2.05) is 54.3 Å². The molecule has 3 rings (SSSR count). The summed E-state index contributed by atoms with van der Waals surface area (Å²) < 4.78 is 1.03. The Morgan fingerprint density at radius 2 is 1.77 bits per heavy atom. The van der Waals surface area contributed by atoms with E-state index < -0.39 is 0 Å². The fourth-order valence-electron chi connectivity index (χ4n) is 2.43. The Morgan fingerprint density at radius 3 is 2.45 bits per heavy atom. The monoisotopic (exact) mass is 373 g/mol. The van der Waals surface area contributed by atoms with Crippen molar-refractivity contribution in [1.82, 2.24) is 4.90 Å². The molecule has 4 heteroatoms. The lowest BCUT2D eigenvalue weighted by molar-refractivity contribution is -0.129. The van der Waals surface area contributed by atoms with E-state index in [-0.39, 0.29) is 11.2 Å². The smallest absolute Gasteiger partial charge is 0.245 e. The van der Waals surface area contributed by atoms with E-state index >= 15 is 0 Å². The standard InChI is InChI=1S/C18H16BrNOS/c1-13-12-22-17(15-7-9-16(19)10-8-15)18(21)20(13)11-14-5-3-2-4-6-14/h2-10,12,17H,11H2,1H3. The first kappa shape index (κ1) is 15.4. The second kappa shape index (κ2) is 6.71. The Hall–Kier alpha value is -1.52. The van der Waals surface area contributed by atoms with E-state index in [0.717, 1.165) is 21.3 Å². The molecule has 1 atom stereocenters. The molecule has 0 spiro atoms. The fourth-order valence-corrected chi connectivity index (χ4v) is 3.71. The Balaban J connectivity index is 1.85. The lowest BCUT2D eigenvalue weighted by Crippen LogP contribution is -2.34. The number of hydrogen-bond acceptors (Lipinski definition) is 2. The number of carbonyl (C=O) groups is 1. The van der Waals surface area contributed by atoms with E-state index in [0.29, 0.717) is 6.54 Å². The van der Waals surface area contributed by atoms with Crippen molar-refractivity contribution < 1.29 is 4.79 Å². The van der Waals surface area contributed by atoms with Crippen LogP contribution in [0.5, 0.6) is 0 Å². The minimum absolute atomic E-state index is 0.149. The molecule has 1 aliphatic rings. The summed E-state index contributed by atoms with van der Waals surface area (Å²) in [7, 11) is 0. The summed E-state index contributed by atoms with van der Waals surface area (Å²) >= 11 is 5.02. The van der Waals surface area contributed by atoms with Crippen LogP contribution in [0.3, 0.4) is 0 Å². The molecule has 0 bridgehead atoms. The average Bonchev–Trinajstić information content (AvgIpc) is 2.54. The molecule has 2 aromatic rings. The highest BCUT2D eigenvalue weighted by Crippen LogP contribution is 2.38. The van der Waals surface area contributed by atoms with Gasteiger partial charge in [-0.15, -0.1) is 11.8 Å². The van der Waals surface area contributed by atoms with Crippen LogP contribution in [-0.4, -0.2) is 10.8 Å². The van der Waals surface area contributed by atoms with E-state index in [9.17, 15) is 4.79 Å². The zero-order valence-electron chi connectivity index (χ0n) is 12.2. The van der Waals surface area contributed by atoms with E-state index in [2.05, 4.69) is 33.5 Å². The number of benzene rings is 2. The highest BCUT2D eigenvalue weighted by molar-refractivity contribution is 9.10. The molecule has 0 aliphatic carbocycles. The number of rotatable bonds is 3. The molecule has 1 amide bonds. The number of thioether (sulfide) groups is 1. The molecule has 0 aromatic heterocycles. The van der Waals surface area contributed by atoms with Gasteiger partial charge in [-0.1, -0.05) is 58.4 Å². The van der Waals surface area contributed by atoms with Crippen LogP contribution in [-0.2, 0) is 11.3 Å². The molecule has 1 aliphatic heterocycles. The molecular formula is C18H16BrNOS. The van der Waals surface area contributed by atoms with Gasteiger partial charge in [0.2, 0.25) is 5.91 Å². The first-order valence-corrected chi connectivity index (χ1v) is 8.82. The molecular weight excluding hydrogens is 358 g/mol. The molecule has 2 nitrogen and oxygen atoms in total. The van der Waals surface area contributed by atoms with Crippen molar-refractivity contribution in [3.8, 4) is 0 Å². The third-order valence-corrected chi connectivity index (χ3v) is 5.40. The van der Waals surface area contributed by atoms with Gasteiger partial charge in [-0.3, -0.25) is 4.79 Å². The second-order valence-corrected chi connectivity index (χ2v) is 7.13. The van der Waals surface area contributed by atoms with Crippen molar-refractivity contribution in [2.75, 3.05) is 0 Å². The van der Waals surface area contributed by atoms with Gasteiger partial charge in [0.25, 0.3) is 0 Å². The largest absolute Gasteiger partial charge is 0.310 e. The van der Waals surface area contributed by atoms with Gasteiger partial charge in [0, 0.05) is 10.2 Å². The van der Waals surface area contributed by atoms with Crippen LogP contribution in [0.15, 0.2) is 70.2 Å². The molecule has 0 saturated heterocycles. The molecule has 0 N–H and O–H groups in total. The topological polar surface area (TPSA) is 20.3 Å². The zero-order valence-corrected chi connectivity index (χ0v) is 14.6. The molecule has 1 unspecified atom stereocenters. The van der Waals surface area contributed by atoms with Crippen molar-refractivity contribution in [3.05, 3.63) is 81.3 Å². The first-order chi connectivity index (χ1) is 10.6. The Bertz CT molecular complexity index is 697. The lowest BCUT2D eigenvalue weighted by Gasteiger charge is -2.31. The number of nitrogens with zero attached hydrogens (tertiary/aromatic N) is 1. The molecule has 0 fully saturated rings. The van der Waals surface area contributed by atoms with Gasteiger partial charge in [0.05, 0.1) is 6.54 Å². The predicted molar refractivity (Wildman–Crippen MR) is 95.2 cm³/mol. The summed E-state index contributed by atoms with van der Waals surface area (Å²) in [5.74, 6) is 0.149. The van der Waals surface area contributed by atoms with Gasteiger partial charge in [0.1, 0.15) is 5.25 Å². The molecule has 1 heterocycles. The summed E-state index contributed by atoms with van der Waals surface area (Å²) in [5, 5.41) is 1.91. The van der Waals surface area contributed by atoms with Gasteiger partial charge >= 0.3 is 0 Å². The van der Waals surface area contributed by atoms with Crippen molar-refractivity contribution in [2.45, 2.75) is 18.7 Å². The zero-order chi connectivity index (χ0) is 15.5. The number of carbonyl (C=O) groups excluding carboxylic acids is 1. The number of hydrogen-bond donors (Lipinski definition) is 0.